The maximum absolute atomic E-state index is 2.35. The van der Waals surface area contributed by atoms with Gasteiger partial charge in [-0.1, -0.05) is 20.3 Å². The molecular formula is C6H15N. The maximum atomic E-state index is 2.35. The van der Waals surface area contributed by atoms with Gasteiger partial charge in [0, 0.05) is 0 Å². The Morgan fingerprint density at radius 1 is 1.43 bits per heavy atom. The van der Waals surface area contributed by atoms with Crippen LogP contribution in [0.25, 0.3) is 0 Å². The zero-order valence-corrected chi connectivity index (χ0v) is 5.33. The number of rotatable bonds is 1. The molecule has 1 aliphatic rings. The predicted molar refractivity (Wildman–Crippen MR) is 32.7 cm³/mol. The molecule has 1 heteroatoms. The highest BCUT2D eigenvalue weighted by Crippen LogP contribution is 2.47. The molecule has 1 saturated carbocycles. The summed E-state index contributed by atoms with van der Waals surface area (Å²) in [5, 5.41) is 0. The Hall–Kier alpha value is -0.0400. The lowest BCUT2D eigenvalue weighted by molar-refractivity contribution is 0.551. The van der Waals surface area contributed by atoms with Gasteiger partial charge in [0.25, 0.3) is 0 Å². The molecule has 44 valence electrons. The molecule has 1 fully saturated rings. The number of hydrogen-bond donors (Lipinski definition) is 1. The van der Waals surface area contributed by atoms with E-state index in [2.05, 4.69) is 13.8 Å². The Morgan fingerprint density at radius 3 is 1.86 bits per heavy atom. The average molecular weight is 101 g/mol. The van der Waals surface area contributed by atoms with Crippen molar-refractivity contribution in [2.24, 2.45) is 5.41 Å². The van der Waals surface area contributed by atoms with Gasteiger partial charge in [-0.2, -0.15) is 0 Å². The summed E-state index contributed by atoms with van der Waals surface area (Å²) in [4.78, 5) is 0. The lowest BCUT2D eigenvalue weighted by Crippen LogP contribution is -1.84. The van der Waals surface area contributed by atoms with Gasteiger partial charge in [0.15, 0.2) is 0 Å². The molecule has 1 aliphatic carbocycles. The van der Waals surface area contributed by atoms with Crippen LogP contribution in [-0.4, -0.2) is 0 Å². The third kappa shape index (κ3) is 1.48. The molecule has 0 aromatic carbocycles. The van der Waals surface area contributed by atoms with Crippen molar-refractivity contribution in [3.05, 3.63) is 0 Å². The van der Waals surface area contributed by atoms with Crippen LogP contribution in [-0.2, 0) is 0 Å². The first-order chi connectivity index (χ1) is 2.77. The molecule has 0 unspecified atom stereocenters. The largest absolute Gasteiger partial charge is 0.344 e. The van der Waals surface area contributed by atoms with Crippen molar-refractivity contribution in [2.45, 2.75) is 33.1 Å². The van der Waals surface area contributed by atoms with Gasteiger partial charge in [-0.25, -0.2) is 0 Å². The van der Waals surface area contributed by atoms with E-state index in [1.807, 2.05) is 0 Å². The highest BCUT2D eigenvalue weighted by molar-refractivity contribution is 4.86. The van der Waals surface area contributed by atoms with E-state index < -0.39 is 0 Å². The monoisotopic (exact) mass is 101 g/mol. The summed E-state index contributed by atoms with van der Waals surface area (Å²) in [6.45, 7) is 4.62. The summed E-state index contributed by atoms with van der Waals surface area (Å²) in [6.07, 6.45) is 4.33. The van der Waals surface area contributed by atoms with Crippen LogP contribution >= 0.6 is 0 Å². The van der Waals surface area contributed by atoms with Crippen LogP contribution in [0.3, 0.4) is 0 Å². The van der Waals surface area contributed by atoms with Crippen molar-refractivity contribution < 1.29 is 0 Å². The number of hydrogen-bond acceptors (Lipinski definition) is 1. The Labute approximate surface area is 45.7 Å². The first-order valence-corrected chi connectivity index (χ1v) is 2.77. The first-order valence-electron chi connectivity index (χ1n) is 2.77. The molecule has 0 amide bonds. The Morgan fingerprint density at radius 2 is 1.86 bits per heavy atom. The van der Waals surface area contributed by atoms with E-state index in [1.54, 1.807) is 0 Å². The van der Waals surface area contributed by atoms with Crippen molar-refractivity contribution in [3.8, 4) is 0 Å². The van der Waals surface area contributed by atoms with Crippen LogP contribution in [0.5, 0.6) is 0 Å². The van der Waals surface area contributed by atoms with Crippen molar-refractivity contribution in [1.29, 1.82) is 0 Å². The zero-order chi connectivity index (χ0) is 4.62. The predicted octanol–water partition coefficient (Wildman–Crippen LogP) is 2.36. The van der Waals surface area contributed by atoms with Crippen molar-refractivity contribution in [1.82, 2.24) is 6.15 Å². The van der Waals surface area contributed by atoms with Crippen LogP contribution in [0.1, 0.15) is 33.1 Å². The lowest BCUT2D eigenvalue weighted by atomic mass is 10.1. The third-order valence-electron chi connectivity index (χ3n) is 1.96. The Kier molecular flexibility index (Phi) is 1.82. The van der Waals surface area contributed by atoms with Gasteiger partial charge in [-0.3, -0.25) is 0 Å². The van der Waals surface area contributed by atoms with Crippen LogP contribution in [0.2, 0.25) is 0 Å². The van der Waals surface area contributed by atoms with Gasteiger partial charge in [0.2, 0.25) is 0 Å². The fourth-order valence-corrected chi connectivity index (χ4v) is 0.567. The van der Waals surface area contributed by atoms with Crippen LogP contribution < -0.4 is 6.15 Å². The summed E-state index contributed by atoms with van der Waals surface area (Å²) in [5.74, 6) is 0. The first kappa shape index (κ1) is 6.96. The molecule has 0 aromatic heterocycles. The summed E-state index contributed by atoms with van der Waals surface area (Å²) in [5.41, 5.74) is 0.792. The topological polar surface area (TPSA) is 35.0 Å². The van der Waals surface area contributed by atoms with Gasteiger partial charge >= 0.3 is 0 Å². The van der Waals surface area contributed by atoms with E-state index in [0.29, 0.717) is 0 Å². The van der Waals surface area contributed by atoms with Crippen LogP contribution in [0.4, 0.5) is 0 Å². The second-order valence-corrected chi connectivity index (χ2v) is 2.66. The van der Waals surface area contributed by atoms with Crippen LogP contribution in [0, 0.1) is 5.41 Å². The molecule has 0 radical (unpaired) electrons. The third-order valence-corrected chi connectivity index (χ3v) is 1.96. The molecule has 0 aliphatic heterocycles. The van der Waals surface area contributed by atoms with Gasteiger partial charge in [-0.15, -0.1) is 0 Å². The molecular weight excluding hydrogens is 86.1 g/mol. The molecule has 1 nitrogen and oxygen atoms in total. The zero-order valence-electron chi connectivity index (χ0n) is 5.33. The molecule has 0 atom stereocenters. The molecule has 7 heavy (non-hydrogen) atoms. The molecule has 0 aromatic rings. The second-order valence-electron chi connectivity index (χ2n) is 2.66. The van der Waals surface area contributed by atoms with E-state index in [4.69, 9.17) is 0 Å². The van der Waals surface area contributed by atoms with Gasteiger partial charge in [-0.05, 0) is 18.3 Å². The van der Waals surface area contributed by atoms with E-state index >= 15 is 0 Å². The molecule has 0 heterocycles. The summed E-state index contributed by atoms with van der Waals surface area (Å²) in [6, 6.07) is 0. The van der Waals surface area contributed by atoms with Crippen molar-refractivity contribution in [2.75, 3.05) is 0 Å². The van der Waals surface area contributed by atoms with E-state index in [1.165, 1.54) is 19.3 Å². The van der Waals surface area contributed by atoms with Crippen molar-refractivity contribution >= 4 is 0 Å². The Balaban J connectivity index is 0.000000360. The van der Waals surface area contributed by atoms with E-state index in [-0.39, 0.29) is 6.15 Å². The maximum Gasteiger partial charge on any atom is -0.0328 e. The van der Waals surface area contributed by atoms with Gasteiger partial charge in [0.05, 0.1) is 0 Å². The fraction of sp³-hybridized carbons (Fsp3) is 1.00. The smallest absolute Gasteiger partial charge is 0.0328 e. The van der Waals surface area contributed by atoms with E-state index in [0.717, 1.165) is 5.41 Å². The molecule has 3 N–H and O–H groups in total. The second kappa shape index (κ2) is 1.83. The molecule has 1 rings (SSSR count). The standard InChI is InChI=1S/C6H12.H3N/c1-3-6(2)4-5-6;/h3-5H2,1-2H3;1H3. The van der Waals surface area contributed by atoms with E-state index in [9.17, 15) is 0 Å². The fourth-order valence-electron chi connectivity index (χ4n) is 0.567. The Bertz CT molecular complexity index is 55.2. The quantitative estimate of drug-likeness (QED) is 0.540. The highest BCUT2D eigenvalue weighted by Gasteiger charge is 2.34. The molecule has 0 bridgehead atoms. The SMILES string of the molecule is CCC1(C)CC1.N. The molecule has 0 spiro atoms. The summed E-state index contributed by atoms with van der Waals surface area (Å²) < 4.78 is 0. The minimum Gasteiger partial charge on any atom is -0.344 e. The van der Waals surface area contributed by atoms with Crippen LogP contribution in [0.15, 0.2) is 0 Å². The van der Waals surface area contributed by atoms with Gasteiger partial charge < -0.3 is 6.15 Å². The van der Waals surface area contributed by atoms with Gasteiger partial charge in [0.1, 0.15) is 0 Å². The minimum absolute atomic E-state index is 0. The molecule has 0 saturated heterocycles. The normalized spacial score (nSPS) is 23.1. The lowest BCUT2D eigenvalue weighted by Gasteiger charge is -1.96. The summed E-state index contributed by atoms with van der Waals surface area (Å²) in [7, 11) is 0. The van der Waals surface area contributed by atoms with Crippen molar-refractivity contribution in [3.63, 3.8) is 0 Å². The summed E-state index contributed by atoms with van der Waals surface area (Å²) >= 11 is 0. The minimum atomic E-state index is 0. The average Bonchev–Trinajstić information content (AvgIpc) is 2.22. The highest BCUT2D eigenvalue weighted by atomic mass is 14.4.